The second kappa shape index (κ2) is 13.9. The lowest BCUT2D eigenvalue weighted by Crippen LogP contribution is -2.19. The Bertz CT molecular complexity index is 741. The molecule has 1 heterocycles. The van der Waals surface area contributed by atoms with Gasteiger partial charge in [0.2, 0.25) is 11.8 Å². The number of rotatable bonds is 6. The molecule has 0 saturated heterocycles. The van der Waals surface area contributed by atoms with Crippen molar-refractivity contribution in [1.82, 2.24) is 10.3 Å². The van der Waals surface area contributed by atoms with Gasteiger partial charge in [-0.15, -0.1) is 12.8 Å². The molecule has 0 fully saturated rings. The number of terminal acetylenes is 1. The van der Waals surface area contributed by atoms with Gasteiger partial charge >= 0.3 is 0 Å². The van der Waals surface area contributed by atoms with Crippen molar-refractivity contribution in [2.45, 2.75) is 20.8 Å². The Balaban J connectivity index is 0.00000158. The number of ether oxygens (including phenoxy) is 2. The summed E-state index contributed by atoms with van der Waals surface area (Å²) in [6.45, 7) is 5.92. The molecule has 2 aromatic rings. The number of carbonyl (C=O) groups excluding carboxylic acids is 1. The first-order valence-corrected chi connectivity index (χ1v) is 8.29. The predicted molar refractivity (Wildman–Crippen MR) is 106 cm³/mol. The number of amides is 1. The molecule has 1 N–H and O–H groups in total. The number of nitrogens with one attached hydrogen (secondary N) is 1. The highest BCUT2D eigenvalue weighted by Crippen LogP contribution is 2.25. The van der Waals surface area contributed by atoms with Crippen LogP contribution in [-0.2, 0) is 4.79 Å². The molecule has 6 heteroatoms. The Morgan fingerprint density at radius 2 is 1.89 bits per heavy atom. The lowest BCUT2D eigenvalue weighted by molar-refractivity contribution is -0.118. The molecule has 0 aliphatic heterocycles. The molecular weight excluding hydrogens is 347 g/mol. The van der Waals surface area contributed by atoms with Crippen LogP contribution in [-0.4, -0.2) is 24.5 Å². The van der Waals surface area contributed by atoms with Crippen LogP contribution in [0.25, 0.3) is 6.08 Å². The normalized spacial score (nSPS) is 9.30. The fraction of sp³-hybridized carbons (Fsp3) is 0.238. The van der Waals surface area contributed by atoms with Crippen LogP contribution in [0.5, 0.6) is 17.4 Å². The first kappa shape index (κ1) is 23.7. The van der Waals surface area contributed by atoms with Crippen LogP contribution < -0.4 is 14.8 Å². The van der Waals surface area contributed by atoms with Crippen LogP contribution >= 0.6 is 0 Å². The minimum Gasteiger partial charge on any atom is -0.497 e. The molecule has 0 aliphatic carbocycles. The zero-order chi connectivity index (χ0) is 20.7. The third-order valence-electron chi connectivity index (χ3n) is 2.84. The highest BCUT2D eigenvalue weighted by atomic mass is 19.1. The summed E-state index contributed by atoms with van der Waals surface area (Å²) in [5, 5.41) is 2.66. The highest BCUT2D eigenvalue weighted by Gasteiger charge is 2.04. The molecule has 0 atom stereocenters. The van der Waals surface area contributed by atoms with Crippen LogP contribution in [0, 0.1) is 18.7 Å². The van der Waals surface area contributed by atoms with E-state index in [9.17, 15) is 9.18 Å². The summed E-state index contributed by atoms with van der Waals surface area (Å²) in [7, 11) is 1.46. The number of hydrogen-bond donors (Lipinski definition) is 1. The Morgan fingerprint density at radius 1 is 1.22 bits per heavy atom. The fourth-order valence-corrected chi connectivity index (χ4v) is 1.78. The van der Waals surface area contributed by atoms with E-state index in [4.69, 9.17) is 9.47 Å². The van der Waals surface area contributed by atoms with Crippen LogP contribution in [0.2, 0.25) is 0 Å². The number of hydrogen-bond acceptors (Lipinski definition) is 4. The standard InChI is InChI=1S/C17H17FN2O3.C2H6.C2H2/c1-12(21)19-7-3-4-13-5-6-17(20-11-13)23-16-9-14(18)8-15(10-16)22-2;2*1-2/h3-6,8-11H,7H2,1-2H3,(H,19,21);1-2H3;1-2H/b4-3+;;. The second-order valence-corrected chi connectivity index (χ2v) is 4.70. The van der Waals surface area contributed by atoms with E-state index in [0.717, 1.165) is 5.56 Å². The molecule has 2 rings (SSSR count). The Morgan fingerprint density at radius 3 is 2.44 bits per heavy atom. The molecule has 1 aromatic carbocycles. The molecule has 1 amide bonds. The fourth-order valence-electron chi connectivity index (χ4n) is 1.78. The Kier molecular flexibility index (Phi) is 12.2. The van der Waals surface area contributed by atoms with Crippen molar-refractivity contribution in [2.75, 3.05) is 13.7 Å². The number of methoxy groups -OCH3 is 1. The summed E-state index contributed by atoms with van der Waals surface area (Å²) in [6, 6.07) is 7.58. The van der Waals surface area contributed by atoms with Crippen LogP contribution in [0.1, 0.15) is 26.3 Å². The van der Waals surface area contributed by atoms with Gasteiger partial charge < -0.3 is 14.8 Å². The smallest absolute Gasteiger partial charge is 0.219 e. The average Bonchev–Trinajstić information content (AvgIpc) is 2.69. The van der Waals surface area contributed by atoms with Crippen molar-refractivity contribution >= 4 is 12.0 Å². The summed E-state index contributed by atoms with van der Waals surface area (Å²) >= 11 is 0. The number of aromatic nitrogens is 1. The molecule has 0 saturated carbocycles. The van der Waals surface area contributed by atoms with E-state index >= 15 is 0 Å². The van der Waals surface area contributed by atoms with Crippen molar-refractivity contribution in [2.24, 2.45) is 0 Å². The molecular formula is C21H25FN2O3. The van der Waals surface area contributed by atoms with Crippen LogP contribution in [0.4, 0.5) is 4.39 Å². The zero-order valence-corrected chi connectivity index (χ0v) is 16.0. The molecule has 0 aliphatic rings. The van der Waals surface area contributed by atoms with E-state index in [1.54, 1.807) is 18.3 Å². The van der Waals surface area contributed by atoms with E-state index in [1.165, 1.54) is 26.2 Å². The van der Waals surface area contributed by atoms with E-state index < -0.39 is 5.82 Å². The number of benzene rings is 1. The average molecular weight is 372 g/mol. The van der Waals surface area contributed by atoms with Crippen molar-refractivity contribution < 1.29 is 18.7 Å². The van der Waals surface area contributed by atoms with Crippen molar-refractivity contribution in [3.05, 3.63) is 54.0 Å². The van der Waals surface area contributed by atoms with Crippen molar-refractivity contribution in [3.63, 3.8) is 0 Å². The molecule has 0 spiro atoms. The van der Waals surface area contributed by atoms with E-state index in [0.29, 0.717) is 23.9 Å². The monoisotopic (exact) mass is 372 g/mol. The third-order valence-corrected chi connectivity index (χ3v) is 2.84. The van der Waals surface area contributed by atoms with Crippen LogP contribution in [0.15, 0.2) is 42.6 Å². The number of pyridine rings is 1. The lowest BCUT2D eigenvalue weighted by Gasteiger charge is -2.07. The maximum Gasteiger partial charge on any atom is 0.219 e. The van der Waals surface area contributed by atoms with Crippen molar-refractivity contribution in [1.29, 1.82) is 0 Å². The van der Waals surface area contributed by atoms with Gasteiger partial charge in [0.15, 0.2) is 0 Å². The van der Waals surface area contributed by atoms with E-state index in [1.807, 2.05) is 32.1 Å². The molecule has 144 valence electrons. The first-order chi connectivity index (χ1) is 13.1. The van der Waals surface area contributed by atoms with Gasteiger partial charge in [0, 0.05) is 43.9 Å². The van der Waals surface area contributed by atoms with Gasteiger partial charge in [-0.3, -0.25) is 4.79 Å². The van der Waals surface area contributed by atoms with Gasteiger partial charge in [0.25, 0.3) is 0 Å². The minimum absolute atomic E-state index is 0.0814. The number of halogens is 1. The molecule has 0 radical (unpaired) electrons. The topological polar surface area (TPSA) is 60.5 Å². The van der Waals surface area contributed by atoms with Crippen LogP contribution in [0.3, 0.4) is 0 Å². The van der Waals surface area contributed by atoms with Gasteiger partial charge in [-0.25, -0.2) is 9.37 Å². The largest absolute Gasteiger partial charge is 0.497 e. The lowest BCUT2D eigenvalue weighted by atomic mass is 10.2. The molecule has 1 aromatic heterocycles. The summed E-state index contributed by atoms with van der Waals surface area (Å²) in [5.74, 6) is 0.497. The molecule has 27 heavy (non-hydrogen) atoms. The summed E-state index contributed by atoms with van der Waals surface area (Å²) in [5.41, 5.74) is 0.861. The number of nitrogens with zero attached hydrogens (tertiary/aromatic N) is 1. The van der Waals surface area contributed by atoms with Gasteiger partial charge in [0.05, 0.1) is 7.11 Å². The predicted octanol–water partition coefficient (Wildman–Crippen LogP) is 4.45. The van der Waals surface area contributed by atoms with E-state index in [2.05, 4.69) is 23.1 Å². The number of carbonyl (C=O) groups is 1. The molecule has 5 nitrogen and oxygen atoms in total. The second-order valence-electron chi connectivity index (χ2n) is 4.70. The SMILES string of the molecule is C#C.CC.COc1cc(F)cc(Oc2ccc(/C=C/CNC(C)=O)cn2)c1. The minimum atomic E-state index is -0.447. The maximum atomic E-state index is 13.4. The molecule has 0 bridgehead atoms. The summed E-state index contributed by atoms with van der Waals surface area (Å²) in [6.07, 6.45) is 13.3. The van der Waals surface area contributed by atoms with Crippen molar-refractivity contribution in [3.8, 4) is 30.2 Å². The zero-order valence-electron chi connectivity index (χ0n) is 16.0. The first-order valence-electron chi connectivity index (χ1n) is 8.29. The van der Waals surface area contributed by atoms with Gasteiger partial charge in [-0.1, -0.05) is 26.0 Å². The van der Waals surface area contributed by atoms with Gasteiger partial charge in [0.1, 0.15) is 17.3 Å². The Labute approximate surface area is 160 Å². The third kappa shape index (κ3) is 9.66. The molecule has 0 unspecified atom stereocenters. The van der Waals surface area contributed by atoms with Gasteiger partial charge in [-0.2, -0.15) is 0 Å². The Hall–Kier alpha value is -3.33. The summed E-state index contributed by atoms with van der Waals surface area (Å²) in [4.78, 5) is 14.9. The van der Waals surface area contributed by atoms with Gasteiger partial charge in [-0.05, 0) is 11.6 Å². The summed E-state index contributed by atoms with van der Waals surface area (Å²) < 4.78 is 23.9. The van der Waals surface area contributed by atoms with E-state index in [-0.39, 0.29) is 5.91 Å². The highest BCUT2D eigenvalue weighted by molar-refractivity contribution is 5.73. The quantitative estimate of drug-likeness (QED) is 0.761. The maximum absolute atomic E-state index is 13.4.